The van der Waals surface area contributed by atoms with Crippen LogP contribution in [0.3, 0.4) is 0 Å². The van der Waals surface area contributed by atoms with Crippen LogP contribution >= 0.6 is 0 Å². The van der Waals surface area contributed by atoms with E-state index < -0.39 is 0 Å². The maximum absolute atomic E-state index is 8.65. The molecule has 1 aromatic heterocycles. The van der Waals surface area contributed by atoms with Crippen molar-refractivity contribution in [3.05, 3.63) is 47.9 Å². The molecule has 0 aliphatic rings. The van der Waals surface area contributed by atoms with Crippen molar-refractivity contribution < 1.29 is 9.94 Å². The Kier molecular flexibility index (Phi) is 3.38. The summed E-state index contributed by atoms with van der Waals surface area (Å²) in [7, 11) is 0. The van der Waals surface area contributed by atoms with Gasteiger partial charge in [-0.3, -0.25) is 0 Å². The molecule has 0 unspecified atom stereocenters. The Morgan fingerprint density at radius 1 is 1.22 bits per heavy atom. The number of amidine groups is 1. The van der Waals surface area contributed by atoms with E-state index in [4.69, 9.17) is 15.7 Å². The van der Waals surface area contributed by atoms with Crippen LogP contribution in [0.1, 0.15) is 11.3 Å². The van der Waals surface area contributed by atoms with Crippen molar-refractivity contribution in [1.82, 2.24) is 9.97 Å². The quantitative estimate of drug-likeness (QED) is 0.371. The van der Waals surface area contributed by atoms with Crippen molar-refractivity contribution in [3.63, 3.8) is 0 Å². The molecule has 0 aliphatic heterocycles. The molecule has 0 saturated carbocycles. The topological polar surface area (TPSA) is 93.6 Å². The van der Waals surface area contributed by atoms with Crippen molar-refractivity contribution in [1.29, 1.82) is 0 Å². The van der Waals surface area contributed by atoms with Crippen LogP contribution in [-0.4, -0.2) is 21.0 Å². The summed E-state index contributed by atoms with van der Waals surface area (Å²) in [4.78, 5) is 7.97. The third kappa shape index (κ3) is 2.54. The van der Waals surface area contributed by atoms with Crippen LogP contribution in [0, 0.1) is 6.92 Å². The fraction of sp³-hybridized carbons (Fsp3) is 0.0833. The van der Waals surface area contributed by atoms with Gasteiger partial charge in [-0.15, -0.1) is 0 Å². The first-order chi connectivity index (χ1) is 8.70. The van der Waals surface area contributed by atoms with Gasteiger partial charge in [0.05, 0.1) is 0 Å². The molecule has 6 nitrogen and oxygen atoms in total. The minimum Gasteiger partial charge on any atom is -0.437 e. The molecule has 2 rings (SSSR count). The molecule has 0 fully saturated rings. The second kappa shape index (κ2) is 5.13. The second-order valence-corrected chi connectivity index (χ2v) is 3.61. The molecule has 18 heavy (non-hydrogen) atoms. The maximum atomic E-state index is 8.65. The summed E-state index contributed by atoms with van der Waals surface area (Å²) in [6, 6.07) is 7.43. The predicted octanol–water partition coefficient (Wildman–Crippen LogP) is 1.67. The summed E-state index contributed by atoms with van der Waals surface area (Å²) >= 11 is 0. The normalized spacial score (nSPS) is 11.3. The third-order valence-corrected chi connectivity index (χ3v) is 2.25. The summed E-state index contributed by atoms with van der Waals surface area (Å²) in [5.41, 5.74) is 6.81. The maximum Gasteiger partial charge on any atom is 0.249 e. The van der Waals surface area contributed by atoms with Gasteiger partial charge in [-0.2, -0.15) is 0 Å². The predicted molar refractivity (Wildman–Crippen MR) is 65.8 cm³/mol. The van der Waals surface area contributed by atoms with Crippen LogP contribution < -0.4 is 10.5 Å². The minimum absolute atomic E-state index is 0.148. The van der Waals surface area contributed by atoms with Crippen molar-refractivity contribution >= 4 is 5.84 Å². The van der Waals surface area contributed by atoms with Gasteiger partial charge in [0.2, 0.25) is 5.88 Å². The van der Waals surface area contributed by atoms with Crippen molar-refractivity contribution in [2.45, 2.75) is 6.92 Å². The van der Waals surface area contributed by atoms with E-state index in [1.54, 1.807) is 12.1 Å². The van der Waals surface area contributed by atoms with Crippen molar-refractivity contribution in [2.75, 3.05) is 0 Å². The van der Waals surface area contributed by atoms with Gasteiger partial charge in [0, 0.05) is 12.4 Å². The highest BCUT2D eigenvalue weighted by atomic mass is 16.5. The summed E-state index contributed by atoms with van der Waals surface area (Å²) in [5.74, 6) is 0.648. The van der Waals surface area contributed by atoms with Crippen LogP contribution in [0.5, 0.6) is 11.6 Å². The summed E-state index contributed by atoms with van der Waals surface area (Å²) < 4.78 is 5.54. The number of aromatic nitrogens is 2. The van der Waals surface area contributed by atoms with E-state index >= 15 is 0 Å². The third-order valence-electron chi connectivity index (χ3n) is 2.25. The molecule has 2 aromatic rings. The average Bonchev–Trinajstić information content (AvgIpc) is 2.41. The van der Waals surface area contributed by atoms with Gasteiger partial charge < -0.3 is 15.7 Å². The molecule has 0 saturated heterocycles. The molecular weight excluding hydrogens is 232 g/mol. The summed E-state index contributed by atoms with van der Waals surface area (Å²) in [6.45, 7) is 1.98. The highest BCUT2D eigenvalue weighted by Crippen LogP contribution is 2.21. The van der Waals surface area contributed by atoms with Gasteiger partial charge in [-0.05, 0) is 19.1 Å². The molecule has 6 heteroatoms. The SMILES string of the molecule is Cc1ccc(Oc2nccnc2C(N)=NO)cc1. The Morgan fingerprint density at radius 3 is 2.56 bits per heavy atom. The van der Waals surface area contributed by atoms with Crippen molar-refractivity contribution in [2.24, 2.45) is 10.9 Å². The number of aryl methyl sites for hydroxylation is 1. The van der Waals surface area contributed by atoms with Crippen LogP contribution in [0.4, 0.5) is 0 Å². The van der Waals surface area contributed by atoms with E-state index in [2.05, 4.69) is 15.1 Å². The van der Waals surface area contributed by atoms with Crippen molar-refractivity contribution in [3.8, 4) is 11.6 Å². The zero-order valence-electron chi connectivity index (χ0n) is 9.74. The number of ether oxygens (including phenoxy) is 1. The Bertz CT molecular complexity index is 567. The van der Waals surface area contributed by atoms with E-state index in [0.29, 0.717) is 5.75 Å². The Morgan fingerprint density at radius 2 is 1.89 bits per heavy atom. The smallest absolute Gasteiger partial charge is 0.249 e. The molecule has 0 atom stereocenters. The molecule has 0 aliphatic carbocycles. The average molecular weight is 244 g/mol. The summed E-state index contributed by atoms with van der Waals surface area (Å²) in [6.07, 6.45) is 2.91. The molecule has 0 amide bonds. The number of rotatable bonds is 3. The van der Waals surface area contributed by atoms with Gasteiger partial charge in [0.1, 0.15) is 5.75 Å². The fourth-order valence-electron chi connectivity index (χ4n) is 1.34. The summed E-state index contributed by atoms with van der Waals surface area (Å²) in [5, 5.41) is 11.5. The van der Waals surface area contributed by atoms with E-state index in [0.717, 1.165) is 5.56 Å². The molecule has 0 spiro atoms. The number of hydrogen-bond acceptors (Lipinski definition) is 5. The van der Waals surface area contributed by atoms with Crippen LogP contribution in [0.25, 0.3) is 0 Å². The lowest BCUT2D eigenvalue weighted by molar-refractivity contribution is 0.318. The van der Waals surface area contributed by atoms with E-state index in [9.17, 15) is 0 Å². The molecule has 1 heterocycles. The molecule has 3 N–H and O–H groups in total. The number of benzene rings is 1. The minimum atomic E-state index is -0.148. The van der Waals surface area contributed by atoms with Gasteiger partial charge >= 0.3 is 0 Å². The molecule has 92 valence electrons. The second-order valence-electron chi connectivity index (χ2n) is 3.61. The standard InChI is InChI=1S/C12H12N4O2/c1-8-2-4-9(5-3-8)18-12-10(11(13)16-17)14-6-7-15-12/h2-7,17H,1H3,(H2,13,16). The first-order valence-electron chi connectivity index (χ1n) is 5.24. The van der Waals surface area contributed by atoms with E-state index in [-0.39, 0.29) is 17.4 Å². The number of nitrogens with two attached hydrogens (primary N) is 1. The van der Waals surface area contributed by atoms with Gasteiger partial charge in [0.25, 0.3) is 0 Å². The molecule has 0 bridgehead atoms. The lowest BCUT2D eigenvalue weighted by atomic mass is 10.2. The van der Waals surface area contributed by atoms with E-state index in [1.165, 1.54) is 12.4 Å². The lowest BCUT2D eigenvalue weighted by Crippen LogP contribution is -2.16. The number of hydrogen-bond donors (Lipinski definition) is 2. The zero-order valence-corrected chi connectivity index (χ0v) is 9.74. The lowest BCUT2D eigenvalue weighted by Gasteiger charge is -2.07. The first kappa shape index (κ1) is 11.8. The monoisotopic (exact) mass is 244 g/mol. The first-order valence-corrected chi connectivity index (χ1v) is 5.24. The molecular formula is C12H12N4O2. The Labute approximate surface area is 104 Å². The Balaban J connectivity index is 2.32. The van der Waals surface area contributed by atoms with Gasteiger partial charge in [-0.25, -0.2) is 9.97 Å². The number of oxime groups is 1. The van der Waals surface area contributed by atoms with Gasteiger partial charge in [0.15, 0.2) is 11.5 Å². The van der Waals surface area contributed by atoms with Crippen LogP contribution in [0.15, 0.2) is 41.8 Å². The fourth-order valence-corrected chi connectivity index (χ4v) is 1.34. The largest absolute Gasteiger partial charge is 0.437 e. The number of nitrogens with zero attached hydrogens (tertiary/aromatic N) is 3. The van der Waals surface area contributed by atoms with E-state index in [1.807, 2.05) is 19.1 Å². The van der Waals surface area contributed by atoms with Crippen LogP contribution in [0.2, 0.25) is 0 Å². The highest BCUT2D eigenvalue weighted by Gasteiger charge is 2.11. The molecule has 0 radical (unpaired) electrons. The highest BCUT2D eigenvalue weighted by molar-refractivity contribution is 5.97. The van der Waals surface area contributed by atoms with Crippen LogP contribution in [-0.2, 0) is 0 Å². The zero-order chi connectivity index (χ0) is 13.0. The molecule has 1 aromatic carbocycles. The Hall–Kier alpha value is -2.63. The van der Waals surface area contributed by atoms with Gasteiger partial charge in [-0.1, -0.05) is 22.9 Å².